The third kappa shape index (κ3) is 7.35. The van der Waals surface area contributed by atoms with Gasteiger partial charge >= 0.3 is 6.09 Å². The maximum absolute atomic E-state index is 12.7. The van der Waals surface area contributed by atoms with Gasteiger partial charge in [-0.1, -0.05) is 74.5 Å². The summed E-state index contributed by atoms with van der Waals surface area (Å²) < 4.78 is 5.20. The van der Waals surface area contributed by atoms with Crippen molar-refractivity contribution in [3.8, 4) is 0 Å². The van der Waals surface area contributed by atoms with Crippen LogP contribution in [0, 0.1) is 5.92 Å². The van der Waals surface area contributed by atoms with Gasteiger partial charge in [0.1, 0.15) is 5.60 Å². The minimum atomic E-state index is -0.724. The molecule has 1 atom stereocenters. The lowest BCUT2D eigenvalue weighted by molar-refractivity contribution is -0.123. The zero-order chi connectivity index (χ0) is 21.4. The second-order valence-electron chi connectivity index (χ2n) is 8.50. The Morgan fingerprint density at radius 1 is 0.897 bits per heavy atom. The van der Waals surface area contributed by atoms with E-state index in [1.807, 2.05) is 50.2 Å². The number of carbonyl (C=O) groups is 2. The number of amides is 2. The summed E-state index contributed by atoms with van der Waals surface area (Å²) in [5.74, 6) is -0.285. The summed E-state index contributed by atoms with van der Waals surface area (Å²) in [6.45, 7) is 9.76. The number of hydrogen-bond donors (Lipinski definition) is 2. The number of hydrogen-bond acceptors (Lipinski definition) is 4. The molecule has 5 nitrogen and oxygen atoms in total. The molecule has 0 bridgehead atoms. The Hall–Kier alpha value is -2.66. The van der Waals surface area contributed by atoms with Gasteiger partial charge < -0.3 is 10.1 Å². The molecule has 0 aliphatic rings. The van der Waals surface area contributed by atoms with Crippen LogP contribution in [0.3, 0.4) is 0 Å². The van der Waals surface area contributed by atoms with Crippen LogP contribution >= 0.6 is 0 Å². The van der Waals surface area contributed by atoms with Crippen LogP contribution in [0.2, 0.25) is 0 Å². The fourth-order valence-corrected chi connectivity index (χ4v) is 3.16. The number of imide groups is 1. The smallest absolute Gasteiger partial charge is 0.414 e. The second kappa shape index (κ2) is 10.2. The van der Waals surface area contributed by atoms with Crippen LogP contribution in [0.4, 0.5) is 4.79 Å². The van der Waals surface area contributed by atoms with Gasteiger partial charge in [-0.15, -0.1) is 0 Å². The highest BCUT2D eigenvalue weighted by molar-refractivity contribution is 5.95. The first kappa shape index (κ1) is 22.6. The van der Waals surface area contributed by atoms with Crippen LogP contribution in [0.25, 0.3) is 0 Å². The highest BCUT2D eigenvalue weighted by Crippen LogP contribution is 2.24. The largest absolute Gasteiger partial charge is 0.444 e. The Kier molecular flexibility index (Phi) is 7.97. The van der Waals surface area contributed by atoms with E-state index in [1.54, 1.807) is 20.8 Å². The molecule has 2 aromatic rings. The summed E-state index contributed by atoms with van der Waals surface area (Å²) in [5, 5.41) is 5.72. The lowest BCUT2D eigenvalue weighted by Gasteiger charge is -2.26. The zero-order valence-electron chi connectivity index (χ0n) is 17.9. The molecular weight excluding hydrogens is 364 g/mol. The van der Waals surface area contributed by atoms with E-state index in [0.29, 0.717) is 6.54 Å². The average molecular weight is 397 g/mol. The van der Waals surface area contributed by atoms with E-state index >= 15 is 0 Å². The number of carbonyl (C=O) groups excluding carboxylic acids is 2. The Bertz CT molecular complexity index is 743. The first-order valence-electron chi connectivity index (χ1n) is 10.0. The van der Waals surface area contributed by atoms with Crippen molar-refractivity contribution in [3.05, 3.63) is 71.8 Å². The molecule has 2 rings (SSSR count). The van der Waals surface area contributed by atoms with Crippen LogP contribution in [0.1, 0.15) is 51.7 Å². The topological polar surface area (TPSA) is 67.4 Å². The molecule has 2 N–H and O–H groups in total. The minimum absolute atomic E-state index is 0.00429. The van der Waals surface area contributed by atoms with E-state index < -0.39 is 17.7 Å². The SMILES string of the molecule is CC(C)[C@@H](NCC(c1ccccc1)c1ccccc1)C(=O)NC(=O)OC(C)(C)C. The molecule has 0 aliphatic carbocycles. The minimum Gasteiger partial charge on any atom is -0.444 e. The molecule has 0 aliphatic heterocycles. The highest BCUT2D eigenvalue weighted by Gasteiger charge is 2.27. The van der Waals surface area contributed by atoms with E-state index in [0.717, 1.165) is 0 Å². The number of nitrogens with one attached hydrogen (secondary N) is 2. The van der Waals surface area contributed by atoms with Crippen molar-refractivity contribution in [1.29, 1.82) is 0 Å². The predicted octanol–water partition coefficient (Wildman–Crippen LogP) is 4.48. The molecule has 0 saturated heterocycles. The van der Waals surface area contributed by atoms with E-state index in [4.69, 9.17) is 4.74 Å². The summed E-state index contributed by atoms with van der Waals surface area (Å²) in [5.41, 5.74) is 1.68. The second-order valence-corrected chi connectivity index (χ2v) is 8.50. The molecule has 29 heavy (non-hydrogen) atoms. The quantitative estimate of drug-likeness (QED) is 0.724. The number of alkyl carbamates (subject to hydrolysis) is 1. The zero-order valence-corrected chi connectivity index (χ0v) is 17.9. The average Bonchev–Trinajstić information content (AvgIpc) is 2.64. The first-order valence-corrected chi connectivity index (χ1v) is 10.0. The summed E-state index contributed by atoms with van der Waals surface area (Å²) in [4.78, 5) is 24.7. The third-order valence-electron chi connectivity index (χ3n) is 4.52. The summed E-state index contributed by atoms with van der Waals surface area (Å²) in [6, 6.07) is 19.9. The standard InChI is InChI=1S/C24H32N2O3/c1-17(2)21(22(27)26-23(28)29-24(3,4)5)25-16-20(18-12-8-6-9-13-18)19-14-10-7-11-15-19/h6-15,17,20-21,25H,16H2,1-5H3,(H,26,27,28)/t21-/m1/s1. The van der Waals surface area contributed by atoms with Gasteiger partial charge in [-0.25, -0.2) is 4.79 Å². The van der Waals surface area contributed by atoms with Crippen LogP contribution < -0.4 is 10.6 Å². The van der Waals surface area contributed by atoms with Gasteiger partial charge in [0.2, 0.25) is 5.91 Å². The summed E-state index contributed by atoms with van der Waals surface area (Å²) in [7, 11) is 0. The Labute approximate surface area is 173 Å². The molecule has 0 unspecified atom stereocenters. The molecular formula is C24H32N2O3. The van der Waals surface area contributed by atoms with E-state index in [9.17, 15) is 9.59 Å². The third-order valence-corrected chi connectivity index (χ3v) is 4.52. The number of ether oxygens (including phenoxy) is 1. The molecule has 0 spiro atoms. The molecule has 0 saturated carbocycles. The maximum atomic E-state index is 12.7. The molecule has 156 valence electrons. The molecule has 0 aromatic heterocycles. The normalized spacial score (nSPS) is 12.7. The van der Waals surface area contributed by atoms with Gasteiger partial charge in [0, 0.05) is 12.5 Å². The summed E-state index contributed by atoms with van der Waals surface area (Å²) >= 11 is 0. The van der Waals surface area contributed by atoms with Gasteiger partial charge in [-0.05, 0) is 37.8 Å². The van der Waals surface area contributed by atoms with Gasteiger partial charge in [-0.3, -0.25) is 10.1 Å². The van der Waals surface area contributed by atoms with E-state index in [-0.39, 0.29) is 17.7 Å². The van der Waals surface area contributed by atoms with Crippen LogP contribution in [0.15, 0.2) is 60.7 Å². The van der Waals surface area contributed by atoms with Gasteiger partial charge in [0.25, 0.3) is 0 Å². The summed E-state index contributed by atoms with van der Waals surface area (Å²) in [6.07, 6.45) is -0.724. The lowest BCUT2D eigenvalue weighted by atomic mass is 9.90. The monoisotopic (exact) mass is 396 g/mol. The Morgan fingerprint density at radius 3 is 1.79 bits per heavy atom. The van der Waals surface area contributed by atoms with Crippen molar-refractivity contribution < 1.29 is 14.3 Å². The molecule has 5 heteroatoms. The molecule has 0 radical (unpaired) electrons. The van der Waals surface area contributed by atoms with E-state index in [1.165, 1.54) is 11.1 Å². The fraction of sp³-hybridized carbons (Fsp3) is 0.417. The van der Waals surface area contributed by atoms with E-state index in [2.05, 4.69) is 34.9 Å². The molecule has 2 amide bonds. The van der Waals surface area contributed by atoms with Crippen molar-refractivity contribution >= 4 is 12.0 Å². The molecule has 2 aromatic carbocycles. The molecule has 0 fully saturated rings. The first-order chi connectivity index (χ1) is 13.7. The van der Waals surface area contributed by atoms with Crippen molar-refractivity contribution in [2.75, 3.05) is 6.54 Å². The highest BCUT2D eigenvalue weighted by atomic mass is 16.6. The van der Waals surface area contributed by atoms with Crippen molar-refractivity contribution in [2.24, 2.45) is 5.92 Å². The molecule has 0 heterocycles. The van der Waals surface area contributed by atoms with Gasteiger partial charge in [-0.2, -0.15) is 0 Å². The number of benzene rings is 2. The van der Waals surface area contributed by atoms with Crippen molar-refractivity contribution in [3.63, 3.8) is 0 Å². The van der Waals surface area contributed by atoms with Crippen LogP contribution in [-0.2, 0) is 9.53 Å². The van der Waals surface area contributed by atoms with Gasteiger partial charge in [0.15, 0.2) is 0 Å². The Balaban J connectivity index is 2.12. The lowest BCUT2D eigenvalue weighted by Crippen LogP contribution is -2.51. The van der Waals surface area contributed by atoms with Crippen LogP contribution in [0.5, 0.6) is 0 Å². The van der Waals surface area contributed by atoms with Gasteiger partial charge in [0.05, 0.1) is 6.04 Å². The number of rotatable bonds is 7. The fourth-order valence-electron chi connectivity index (χ4n) is 3.16. The predicted molar refractivity (Wildman–Crippen MR) is 116 cm³/mol. The maximum Gasteiger partial charge on any atom is 0.414 e. The van der Waals surface area contributed by atoms with Crippen molar-refractivity contribution in [1.82, 2.24) is 10.6 Å². The Morgan fingerprint density at radius 2 is 1.38 bits per heavy atom. The van der Waals surface area contributed by atoms with Crippen molar-refractivity contribution in [2.45, 2.75) is 52.2 Å². The van der Waals surface area contributed by atoms with Crippen LogP contribution in [-0.4, -0.2) is 30.2 Å².